The lowest BCUT2D eigenvalue weighted by molar-refractivity contribution is 0.146. The first-order valence-electron chi connectivity index (χ1n) is 6.53. The maximum absolute atomic E-state index is 12.1. The molecule has 1 aromatic carbocycles. The average Bonchev–Trinajstić information content (AvgIpc) is 2.72. The zero-order valence-corrected chi connectivity index (χ0v) is 13.0. The van der Waals surface area contributed by atoms with E-state index in [0.29, 0.717) is 6.61 Å². The van der Waals surface area contributed by atoms with Crippen LogP contribution in [0.4, 0.5) is 4.79 Å². The molecule has 1 aromatic rings. The highest BCUT2D eigenvalue weighted by Crippen LogP contribution is 2.34. The molecule has 22 heavy (non-hydrogen) atoms. The molecule has 0 aliphatic carbocycles. The van der Waals surface area contributed by atoms with Gasteiger partial charge >= 0.3 is 6.09 Å². The number of carboxylic acid groups (broad SMARTS) is 1. The van der Waals surface area contributed by atoms with Crippen LogP contribution in [0.15, 0.2) is 27.5 Å². The summed E-state index contributed by atoms with van der Waals surface area (Å²) in [5.74, 6) is 0.118. The quantitative estimate of drug-likeness (QED) is 0.813. The fourth-order valence-electron chi connectivity index (χ4n) is 2.07. The van der Waals surface area contributed by atoms with Crippen molar-refractivity contribution in [1.29, 1.82) is 0 Å². The van der Waals surface area contributed by atoms with Gasteiger partial charge in [0.05, 0.1) is 12.2 Å². The molecule has 2 rings (SSSR count). The predicted molar refractivity (Wildman–Crippen MR) is 77.9 cm³/mol. The topological polar surface area (TPSA) is 106 Å². The lowest BCUT2D eigenvalue weighted by atomic mass is 10.1. The third-order valence-corrected chi connectivity index (χ3v) is 4.35. The maximum Gasteiger partial charge on any atom is 0.413 e. The summed E-state index contributed by atoms with van der Waals surface area (Å²) < 4.78 is 38.2. The van der Waals surface area contributed by atoms with Crippen LogP contribution in [0.25, 0.3) is 0 Å². The van der Waals surface area contributed by atoms with Crippen LogP contribution in [-0.4, -0.2) is 57.2 Å². The molecule has 120 valence electrons. The van der Waals surface area contributed by atoms with Crippen molar-refractivity contribution in [3.05, 3.63) is 23.8 Å². The summed E-state index contributed by atoms with van der Waals surface area (Å²) in [5, 5.41) is 9.22. The molecule has 0 bridgehead atoms. The van der Waals surface area contributed by atoms with Crippen LogP contribution in [0.5, 0.6) is 5.75 Å². The van der Waals surface area contributed by atoms with E-state index in [-0.39, 0.29) is 35.2 Å². The number of rotatable bonds is 5. The summed E-state index contributed by atoms with van der Waals surface area (Å²) in [4.78, 5) is 12.1. The molecule has 0 unspecified atom stereocenters. The number of ether oxygens (including phenoxy) is 2. The van der Waals surface area contributed by atoms with Gasteiger partial charge in [-0.1, -0.05) is 6.07 Å². The molecule has 9 heteroatoms. The first-order valence-corrected chi connectivity index (χ1v) is 7.97. The zero-order valence-electron chi connectivity index (χ0n) is 12.1. The lowest BCUT2D eigenvalue weighted by Crippen LogP contribution is -2.35. The minimum Gasteiger partial charge on any atom is -0.490 e. The van der Waals surface area contributed by atoms with E-state index < -0.39 is 16.1 Å². The Balaban J connectivity index is 2.52. The molecule has 0 saturated carbocycles. The molecule has 1 aliphatic heterocycles. The van der Waals surface area contributed by atoms with Crippen molar-refractivity contribution in [2.24, 2.45) is 4.40 Å². The van der Waals surface area contributed by atoms with Gasteiger partial charge in [0.25, 0.3) is 10.0 Å². The van der Waals surface area contributed by atoms with E-state index in [1.165, 1.54) is 19.2 Å². The monoisotopic (exact) mass is 328 g/mol. The van der Waals surface area contributed by atoms with E-state index >= 15 is 0 Å². The van der Waals surface area contributed by atoms with Crippen molar-refractivity contribution >= 4 is 22.0 Å². The van der Waals surface area contributed by atoms with Gasteiger partial charge in [-0.25, -0.2) is 4.79 Å². The van der Waals surface area contributed by atoms with Gasteiger partial charge in [-0.15, -0.1) is 4.40 Å². The molecule has 0 saturated heterocycles. The van der Waals surface area contributed by atoms with Gasteiger partial charge in [0.15, 0.2) is 5.84 Å². The molecule has 1 aliphatic rings. The van der Waals surface area contributed by atoms with Crippen LogP contribution < -0.4 is 4.74 Å². The number of amidine groups is 1. The Morgan fingerprint density at radius 3 is 2.68 bits per heavy atom. The lowest BCUT2D eigenvalue weighted by Gasteiger charge is -2.18. The fourth-order valence-corrected chi connectivity index (χ4v) is 3.29. The van der Waals surface area contributed by atoms with Gasteiger partial charge < -0.3 is 14.6 Å². The van der Waals surface area contributed by atoms with Crippen molar-refractivity contribution in [3.8, 4) is 5.75 Å². The van der Waals surface area contributed by atoms with E-state index in [9.17, 15) is 18.3 Å². The molecule has 8 nitrogen and oxygen atoms in total. The Labute approximate surface area is 128 Å². The number of benzene rings is 1. The van der Waals surface area contributed by atoms with Crippen molar-refractivity contribution in [3.63, 3.8) is 0 Å². The highest BCUT2D eigenvalue weighted by Gasteiger charge is 2.36. The number of fused-ring (bicyclic) bond motifs is 1. The fraction of sp³-hybridized carbons (Fsp3) is 0.385. The van der Waals surface area contributed by atoms with Gasteiger partial charge in [-0.3, -0.25) is 4.90 Å². The first kappa shape index (κ1) is 16.2. The number of carbonyl (C=O) groups is 1. The Kier molecular flexibility index (Phi) is 4.67. The molecule has 0 spiro atoms. The molecule has 0 aromatic heterocycles. The van der Waals surface area contributed by atoms with Crippen LogP contribution in [-0.2, 0) is 14.8 Å². The van der Waals surface area contributed by atoms with Crippen LogP contribution in [0.2, 0.25) is 0 Å². The second kappa shape index (κ2) is 6.32. The normalized spacial score (nSPS) is 15.1. The summed E-state index contributed by atoms with van der Waals surface area (Å²) in [6.07, 6.45) is -1.28. The van der Waals surface area contributed by atoms with Crippen molar-refractivity contribution in [1.82, 2.24) is 4.90 Å². The smallest absolute Gasteiger partial charge is 0.413 e. The molecule has 0 atom stereocenters. The predicted octanol–water partition coefficient (Wildman–Crippen LogP) is 1.16. The third-order valence-electron chi connectivity index (χ3n) is 3.04. The largest absolute Gasteiger partial charge is 0.490 e. The number of sulfonamides is 1. The summed E-state index contributed by atoms with van der Waals surface area (Å²) in [6, 6.07) is 4.47. The van der Waals surface area contributed by atoms with Crippen LogP contribution in [0, 0.1) is 0 Å². The number of methoxy groups -OCH3 is 1. The molecule has 1 amide bonds. The zero-order chi connectivity index (χ0) is 16.3. The van der Waals surface area contributed by atoms with Crippen molar-refractivity contribution in [2.45, 2.75) is 11.8 Å². The maximum atomic E-state index is 12.1. The van der Waals surface area contributed by atoms with E-state index in [4.69, 9.17) is 9.47 Å². The molecular formula is C13H16N2O6S. The number of hydrogen-bond acceptors (Lipinski definition) is 5. The van der Waals surface area contributed by atoms with Gasteiger partial charge in [0.1, 0.15) is 17.3 Å². The van der Waals surface area contributed by atoms with Crippen LogP contribution in [0.3, 0.4) is 0 Å². The second-order valence-electron chi connectivity index (χ2n) is 4.39. The summed E-state index contributed by atoms with van der Waals surface area (Å²) in [6.45, 7) is 2.18. The summed E-state index contributed by atoms with van der Waals surface area (Å²) in [5.41, 5.74) is 0.169. The van der Waals surface area contributed by atoms with Crippen LogP contribution in [0.1, 0.15) is 12.5 Å². The van der Waals surface area contributed by atoms with Crippen molar-refractivity contribution < 1.29 is 27.8 Å². The Bertz CT molecular complexity index is 713. The first-order chi connectivity index (χ1) is 10.4. The van der Waals surface area contributed by atoms with Gasteiger partial charge in [0.2, 0.25) is 0 Å². The van der Waals surface area contributed by atoms with Gasteiger partial charge in [-0.2, -0.15) is 8.42 Å². The molecule has 0 radical (unpaired) electrons. The van der Waals surface area contributed by atoms with Gasteiger partial charge in [-0.05, 0) is 19.1 Å². The number of hydrogen-bond donors (Lipinski definition) is 1. The standard InChI is InChI=1S/C13H16N2O6S/c1-3-15(13(16)17)12-11-9(21-8-7-20-2)5-4-6-10(11)22(18,19)14-12/h4-6H,3,7-8H2,1-2H3,(H,16,17). The minimum atomic E-state index is -3.92. The second-order valence-corrected chi connectivity index (χ2v) is 5.96. The SMILES string of the molecule is CCN(C(=O)O)C1=NS(=O)(=O)c2cccc(OCCOC)c21. The highest BCUT2D eigenvalue weighted by molar-refractivity contribution is 7.90. The molecular weight excluding hydrogens is 312 g/mol. The third kappa shape index (κ3) is 2.90. The van der Waals surface area contributed by atoms with E-state index in [1.807, 2.05) is 0 Å². The molecule has 1 heterocycles. The average molecular weight is 328 g/mol. The van der Waals surface area contributed by atoms with E-state index in [0.717, 1.165) is 4.90 Å². The number of nitrogens with zero attached hydrogens (tertiary/aromatic N) is 2. The Hall–Kier alpha value is -2.13. The van der Waals surface area contributed by atoms with E-state index in [1.54, 1.807) is 13.0 Å². The molecule has 0 fully saturated rings. The van der Waals surface area contributed by atoms with Gasteiger partial charge in [0, 0.05) is 13.7 Å². The number of amides is 1. The van der Waals surface area contributed by atoms with Crippen molar-refractivity contribution in [2.75, 3.05) is 26.9 Å². The van der Waals surface area contributed by atoms with E-state index in [2.05, 4.69) is 4.40 Å². The minimum absolute atomic E-state index is 0.0582. The summed E-state index contributed by atoms with van der Waals surface area (Å²) in [7, 11) is -2.41. The highest BCUT2D eigenvalue weighted by atomic mass is 32.2. The molecule has 1 N–H and O–H groups in total. The Morgan fingerprint density at radius 1 is 1.36 bits per heavy atom. The van der Waals surface area contributed by atoms with Crippen LogP contribution >= 0.6 is 0 Å². The Morgan fingerprint density at radius 2 is 2.09 bits per heavy atom. The summed E-state index contributed by atoms with van der Waals surface area (Å²) >= 11 is 0.